The summed E-state index contributed by atoms with van der Waals surface area (Å²) in [5.41, 5.74) is 7.68. The summed E-state index contributed by atoms with van der Waals surface area (Å²) in [4.78, 5) is 11.7. The molecule has 0 saturated carbocycles. The number of carbonyl (C=O) groups excluding carboxylic acids is 1. The molecule has 0 spiro atoms. The van der Waals surface area contributed by atoms with Crippen LogP contribution in [0.15, 0.2) is 34.7 Å². The summed E-state index contributed by atoms with van der Waals surface area (Å²) in [5.74, 6) is -1.68. The summed E-state index contributed by atoms with van der Waals surface area (Å²) in [6.07, 6.45) is 0.970. The molecule has 3 aromatic rings. The van der Waals surface area contributed by atoms with E-state index in [9.17, 15) is 22.0 Å². The first kappa shape index (κ1) is 20.4. The average Bonchev–Trinajstić information content (AvgIpc) is 2.82. The van der Waals surface area contributed by atoms with E-state index in [0.29, 0.717) is 11.0 Å². The predicted octanol–water partition coefficient (Wildman–Crippen LogP) is 0.755. The van der Waals surface area contributed by atoms with Gasteiger partial charge in [0.2, 0.25) is 10.0 Å². The Morgan fingerprint density at radius 2 is 1.88 bits per heavy atom. The largest absolute Gasteiger partial charge is 1.00 e. The summed E-state index contributed by atoms with van der Waals surface area (Å²) < 4.78 is 60.0. The van der Waals surface area contributed by atoms with Crippen LogP contribution in [0.25, 0.3) is 27.7 Å². The number of hydrogen-bond acceptors (Lipinski definition) is 5. The summed E-state index contributed by atoms with van der Waals surface area (Å²) in [6.45, 7) is -3.17. The zero-order valence-corrected chi connectivity index (χ0v) is 16.5. The van der Waals surface area contributed by atoms with E-state index in [1.807, 2.05) is 0 Å². The predicted molar refractivity (Wildman–Crippen MR) is 87.5 cm³/mol. The smallest absolute Gasteiger partial charge is 0.663 e. The zero-order chi connectivity index (χ0) is 18.4. The topological polar surface area (TPSA) is 109 Å². The Balaban J connectivity index is 0.00000243. The molecule has 0 atom stereocenters. The number of furan rings is 1. The van der Waals surface area contributed by atoms with Gasteiger partial charge < -0.3 is 19.7 Å². The van der Waals surface area contributed by atoms with E-state index in [2.05, 4.69) is 9.46 Å². The van der Waals surface area contributed by atoms with Gasteiger partial charge in [-0.25, -0.2) is 8.42 Å². The summed E-state index contributed by atoms with van der Waals surface area (Å²) in [5, 5.41) is 0.393. The molecule has 1 heterocycles. The molecule has 7 nitrogen and oxygen atoms in total. The Bertz CT molecular complexity index is 1100. The molecule has 0 aliphatic rings. The van der Waals surface area contributed by atoms with Crippen LogP contribution in [0.2, 0.25) is 0 Å². The second kappa shape index (κ2) is 7.39. The first-order valence-corrected chi connectivity index (χ1v) is 8.72. The first-order valence-electron chi connectivity index (χ1n) is 6.83. The van der Waals surface area contributed by atoms with E-state index in [1.54, 1.807) is 0 Å². The number of halogens is 2. The SMILES string of the molecule is CS(=O)(=O)Nc1ccc2oc3ccc(OC(F)F)c(C([NH-])=O)c3c2c1.[Na+]. The number of amides is 1. The Morgan fingerprint density at radius 3 is 2.46 bits per heavy atom. The van der Waals surface area contributed by atoms with Crippen molar-refractivity contribution in [2.45, 2.75) is 6.61 Å². The quantitative estimate of drug-likeness (QED) is 0.645. The van der Waals surface area contributed by atoms with Crippen molar-refractivity contribution in [1.29, 1.82) is 0 Å². The Kier molecular flexibility index (Phi) is 5.81. The van der Waals surface area contributed by atoms with Crippen LogP contribution in [0.1, 0.15) is 10.4 Å². The van der Waals surface area contributed by atoms with Gasteiger partial charge in [-0.3, -0.25) is 4.72 Å². The molecule has 11 heteroatoms. The fourth-order valence-corrected chi connectivity index (χ4v) is 3.10. The van der Waals surface area contributed by atoms with Gasteiger partial charge in [-0.2, -0.15) is 8.78 Å². The molecule has 0 saturated heterocycles. The normalized spacial score (nSPS) is 11.5. The van der Waals surface area contributed by atoms with E-state index in [0.717, 1.165) is 12.3 Å². The van der Waals surface area contributed by atoms with E-state index < -0.39 is 28.3 Å². The molecule has 1 aromatic heterocycles. The number of benzene rings is 2. The van der Waals surface area contributed by atoms with Gasteiger partial charge in [0, 0.05) is 16.5 Å². The van der Waals surface area contributed by atoms with Crippen LogP contribution in [0.5, 0.6) is 5.75 Å². The van der Waals surface area contributed by atoms with Crippen LogP contribution >= 0.6 is 0 Å². The van der Waals surface area contributed by atoms with Crippen molar-refractivity contribution in [3.05, 3.63) is 41.6 Å². The number of carbonyl (C=O) groups is 1. The summed E-state index contributed by atoms with van der Waals surface area (Å²) >= 11 is 0. The van der Waals surface area contributed by atoms with Crippen molar-refractivity contribution in [1.82, 2.24) is 0 Å². The molecule has 3 rings (SSSR count). The number of rotatable bonds is 5. The fourth-order valence-electron chi connectivity index (χ4n) is 2.55. The van der Waals surface area contributed by atoms with Crippen LogP contribution in [0.4, 0.5) is 14.5 Å². The van der Waals surface area contributed by atoms with Gasteiger partial charge in [0.1, 0.15) is 16.9 Å². The van der Waals surface area contributed by atoms with Crippen molar-refractivity contribution >= 4 is 43.6 Å². The third-order valence-electron chi connectivity index (χ3n) is 3.34. The number of nitrogens with one attached hydrogen (secondary N) is 2. The van der Waals surface area contributed by atoms with Gasteiger partial charge in [-0.15, -0.1) is 0 Å². The van der Waals surface area contributed by atoms with Crippen LogP contribution in [-0.4, -0.2) is 27.2 Å². The molecule has 26 heavy (non-hydrogen) atoms. The van der Waals surface area contributed by atoms with E-state index in [1.165, 1.54) is 24.3 Å². The van der Waals surface area contributed by atoms with Gasteiger partial charge in [-0.05, 0) is 30.3 Å². The molecule has 0 bridgehead atoms. The number of ether oxygens (including phenoxy) is 1. The van der Waals surface area contributed by atoms with Crippen LogP contribution < -0.4 is 39.0 Å². The second-order valence-electron chi connectivity index (χ2n) is 5.21. The van der Waals surface area contributed by atoms with E-state index in [4.69, 9.17) is 10.2 Å². The molecule has 132 valence electrons. The van der Waals surface area contributed by atoms with Crippen LogP contribution in [0, 0.1) is 0 Å². The molecular weight excluding hydrogens is 381 g/mol. The maximum absolute atomic E-state index is 12.6. The standard InChI is InChI=1S/C15H12F2N2O5S.Na/c1-25(21,22)19-7-2-3-9-8(6-7)12-10(23-9)4-5-11(24-15(16)17)13(12)14(18)20;/h2-6,15,19H,1H3,(H2,18,20);/q;+1/p-1. The molecule has 0 fully saturated rings. The molecule has 0 radical (unpaired) electrons. The third-order valence-corrected chi connectivity index (χ3v) is 3.95. The number of anilines is 1. The van der Waals surface area contributed by atoms with Crippen molar-refractivity contribution in [3.8, 4) is 5.75 Å². The number of hydrogen-bond donors (Lipinski definition) is 1. The van der Waals surface area contributed by atoms with Crippen LogP contribution in [0.3, 0.4) is 0 Å². The number of alkyl halides is 2. The van der Waals surface area contributed by atoms with Gasteiger partial charge in [-0.1, -0.05) is 0 Å². The van der Waals surface area contributed by atoms with Crippen molar-refractivity contribution < 1.29 is 60.7 Å². The molecule has 0 aliphatic heterocycles. The molecule has 1 amide bonds. The van der Waals surface area contributed by atoms with Gasteiger partial charge in [0.25, 0.3) is 0 Å². The van der Waals surface area contributed by atoms with Gasteiger partial charge in [0.15, 0.2) is 0 Å². The number of fused-ring (bicyclic) bond motifs is 3. The maximum atomic E-state index is 12.6. The van der Waals surface area contributed by atoms with Gasteiger partial charge >= 0.3 is 36.2 Å². The molecule has 2 aromatic carbocycles. The minimum atomic E-state index is -3.54. The van der Waals surface area contributed by atoms with E-state index >= 15 is 0 Å². The average molecular weight is 392 g/mol. The van der Waals surface area contributed by atoms with Crippen molar-refractivity contribution in [3.63, 3.8) is 0 Å². The Morgan fingerprint density at radius 1 is 1.23 bits per heavy atom. The second-order valence-corrected chi connectivity index (χ2v) is 6.96. The molecule has 2 N–H and O–H groups in total. The monoisotopic (exact) mass is 392 g/mol. The minimum Gasteiger partial charge on any atom is -0.663 e. The first-order chi connectivity index (χ1) is 11.7. The molecule has 0 unspecified atom stereocenters. The Labute approximate surface area is 168 Å². The Hall–Kier alpha value is -1.88. The zero-order valence-electron chi connectivity index (χ0n) is 13.7. The molecular formula is C15H11F2N2NaO5S. The third kappa shape index (κ3) is 4.09. The summed E-state index contributed by atoms with van der Waals surface area (Å²) in [7, 11) is -3.54. The summed E-state index contributed by atoms with van der Waals surface area (Å²) in [6, 6.07) is 6.76. The molecule has 0 aliphatic carbocycles. The maximum Gasteiger partial charge on any atom is 1.00 e. The van der Waals surface area contributed by atoms with Gasteiger partial charge in [0.05, 0.1) is 17.7 Å². The minimum absolute atomic E-state index is 0. The van der Waals surface area contributed by atoms with Crippen molar-refractivity contribution in [2.24, 2.45) is 0 Å². The van der Waals surface area contributed by atoms with Crippen LogP contribution in [-0.2, 0) is 10.0 Å². The van der Waals surface area contributed by atoms with Crippen molar-refractivity contribution in [2.75, 3.05) is 11.0 Å². The van der Waals surface area contributed by atoms with E-state index in [-0.39, 0.29) is 51.8 Å². The number of sulfonamides is 1. The fraction of sp³-hybridized carbons (Fsp3) is 0.133.